The van der Waals surface area contributed by atoms with E-state index >= 15 is 26.3 Å². The molecule has 20 heteroatoms. The van der Waals surface area contributed by atoms with Crippen molar-refractivity contribution in [2.45, 2.75) is 86.5 Å². The van der Waals surface area contributed by atoms with E-state index in [-0.39, 0.29) is 64.3 Å². The van der Waals surface area contributed by atoms with Crippen molar-refractivity contribution in [3.05, 3.63) is 88.5 Å². The highest BCUT2D eigenvalue weighted by atomic mass is 19.4. The second-order valence-electron chi connectivity index (χ2n) is 29.0. The van der Waals surface area contributed by atoms with E-state index in [4.69, 9.17) is 5.10 Å². The van der Waals surface area contributed by atoms with Gasteiger partial charge in [-0.25, -0.2) is 0 Å². The molecule has 17 aliphatic rings. The van der Waals surface area contributed by atoms with Gasteiger partial charge in [0.1, 0.15) is 0 Å². The number of hydrogen-bond acceptors (Lipinski definition) is 2. The molecule has 0 amide bonds. The van der Waals surface area contributed by atoms with Crippen molar-refractivity contribution < 1.29 is 79.0 Å². The number of hydrazone groups is 1. The predicted molar refractivity (Wildman–Crippen MR) is 250 cm³/mol. The van der Waals surface area contributed by atoms with E-state index in [9.17, 15) is 52.7 Å². The largest absolute Gasteiger partial charge is 0.460 e. The van der Waals surface area contributed by atoms with Gasteiger partial charge in [-0.05, 0) is 215 Å². The number of halogens is 18. The number of anilines is 1. The fourth-order valence-electron chi connectivity index (χ4n) is 27.7. The Morgan fingerprint density at radius 2 is 0.778 bits per heavy atom. The summed E-state index contributed by atoms with van der Waals surface area (Å²) >= 11 is 0. The fourth-order valence-corrected chi connectivity index (χ4v) is 27.7. The minimum atomic E-state index is -7.15. The SMILES string of the molecule is CC1C2C3C=CC4C5CCC6C7CCC8C9C7C7C6C5C5C6C%10=C(C3C45)C2C2C1C1C3C(c4ccc(C(F)(F)C(F)(F)C(F)(F)C(F)(F)F)cc4)=NN(c4ccc(C(F)(F)C(F)(F)C(F)(F)C(F)(F)F)cc4)C3C8C3C9C(C%10C2C13)C67. The summed E-state index contributed by atoms with van der Waals surface area (Å²) < 4.78 is 260. The first kappa shape index (κ1) is 49.4. The van der Waals surface area contributed by atoms with Crippen molar-refractivity contribution in [3.63, 3.8) is 0 Å². The van der Waals surface area contributed by atoms with Gasteiger partial charge in [-0.1, -0.05) is 66.6 Å². The van der Waals surface area contributed by atoms with Crippen molar-refractivity contribution in [3.8, 4) is 0 Å². The molecule has 16 aliphatic carbocycles. The van der Waals surface area contributed by atoms with Gasteiger partial charge >= 0.3 is 47.9 Å². The number of allylic oxidation sites excluding steroid dienone is 4. The molecule has 19 rings (SSSR count). The maximum Gasteiger partial charge on any atom is 0.460 e. The summed E-state index contributed by atoms with van der Waals surface area (Å²) in [6.45, 7) is 2.37. The third kappa shape index (κ3) is 4.74. The van der Waals surface area contributed by atoms with Gasteiger partial charge in [0, 0.05) is 17.0 Å². The molecule has 0 radical (unpaired) electrons. The molecule has 1 heterocycles. The number of benzene rings is 2. The Bertz CT molecular complexity index is 3290. The molecular weight excluding hydrogens is 1100 g/mol. The third-order valence-electron chi connectivity index (χ3n) is 28.2. The minimum absolute atomic E-state index is 0.00171. The van der Waals surface area contributed by atoms with Crippen LogP contribution in [0.5, 0.6) is 0 Å². The predicted octanol–water partition coefficient (Wildman–Crippen LogP) is 15.3. The minimum Gasteiger partial charge on any atom is -0.261 e. The van der Waals surface area contributed by atoms with Gasteiger partial charge in [0.15, 0.2) is 0 Å². The summed E-state index contributed by atoms with van der Waals surface area (Å²) in [4.78, 5) is 0. The summed E-state index contributed by atoms with van der Waals surface area (Å²) in [5.74, 6) is -29.6. The van der Waals surface area contributed by atoms with E-state index in [0.717, 1.165) is 37.1 Å². The number of nitrogens with zero attached hydrogens (tertiary/aromatic N) is 2. The van der Waals surface area contributed by atoms with Gasteiger partial charge in [-0.3, -0.25) is 5.01 Å². The summed E-state index contributed by atoms with van der Waals surface area (Å²) in [5.41, 5.74) is 0.283. The lowest BCUT2D eigenvalue weighted by molar-refractivity contribution is -0.399. The van der Waals surface area contributed by atoms with Crippen LogP contribution >= 0.6 is 0 Å². The molecule has 31 unspecified atom stereocenters. The van der Waals surface area contributed by atoms with Gasteiger partial charge in [0.25, 0.3) is 0 Å². The van der Waals surface area contributed by atoms with E-state index < -0.39 is 71.0 Å². The standard InChI is InChI=1S/C61H52F18N2/c1-16-27-25-14-12-23-21-10-11-22-24-13-15-26-34-32(24)40-30(22)29(21)39-31(23)33(25)41-36(27)37-28(16)38-45-43(42(34)49-47(40)46(39)48(41)50(49)44(37)45)35(26)53-51(38)52(17-2-4-18(5-3-17)54(62,63)56(66,67)58(70,71)60(74,75)76)80-81(53)20-8-6-19(7-9-20)55(64,65)57(68,69)59(72,73)61(77,78)79/h2-9,12,14,16,21-40,42-47,49-51,53H,10-11,13,15H2,1H3. The first-order valence-electron chi connectivity index (χ1n) is 29.4. The van der Waals surface area contributed by atoms with Gasteiger partial charge in [-0.2, -0.15) is 84.1 Å². The van der Waals surface area contributed by atoms with Gasteiger partial charge < -0.3 is 0 Å². The van der Waals surface area contributed by atoms with Crippen molar-refractivity contribution in [1.82, 2.24) is 0 Å². The molecule has 0 saturated heterocycles. The molecule has 0 spiro atoms. The Balaban J connectivity index is 0.814. The molecular formula is C61H52F18N2. The molecule has 13 saturated carbocycles. The van der Waals surface area contributed by atoms with Crippen molar-refractivity contribution in [2.24, 2.45) is 183 Å². The Morgan fingerprint density at radius 1 is 0.370 bits per heavy atom. The van der Waals surface area contributed by atoms with E-state index in [2.05, 4.69) is 19.1 Å². The Hall–Kier alpha value is -3.87. The molecule has 2 aromatic carbocycles. The molecule has 0 bridgehead atoms. The Morgan fingerprint density at radius 3 is 1.35 bits per heavy atom. The normalized spacial score (nSPS) is 52.0. The molecule has 81 heavy (non-hydrogen) atoms. The quantitative estimate of drug-likeness (QED) is 0.190. The topological polar surface area (TPSA) is 15.6 Å². The van der Waals surface area contributed by atoms with Crippen LogP contribution in [0.1, 0.15) is 49.3 Å². The van der Waals surface area contributed by atoms with Crippen LogP contribution in [0.4, 0.5) is 84.7 Å². The van der Waals surface area contributed by atoms with Crippen molar-refractivity contribution in [2.75, 3.05) is 5.01 Å². The van der Waals surface area contributed by atoms with E-state index in [1.807, 2.05) is 5.57 Å². The second kappa shape index (κ2) is 13.9. The van der Waals surface area contributed by atoms with Gasteiger partial charge in [-0.15, -0.1) is 0 Å². The average molecular weight is 1160 g/mol. The van der Waals surface area contributed by atoms with Crippen LogP contribution < -0.4 is 5.01 Å². The highest BCUT2D eigenvalue weighted by Gasteiger charge is 2.90. The molecule has 0 aromatic heterocycles. The molecule has 2 nitrogen and oxygen atoms in total. The van der Waals surface area contributed by atoms with Crippen LogP contribution in [0, 0.1) is 178 Å². The van der Waals surface area contributed by atoms with Crippen LogP contribution in [-0.4, -0.2) is 47.8 Å². The Labute approximate surface area is 451 Å². The second-order valence-corrected chi connectivity index (χ2v) is 29.0. The van der Waals surface area contributed by atoms with E-state index in [0.29, 0.717) is 149 Å². The first-order valence-corrected chi connectivity index (χ1v) is 29.4. The molecule has 31 atom stereocenters. The zero-order chi connectivity index (χ0) is 56.1. The zero-order valence-electron chi connectivity index (χ0n) is 42.7. The summed E-state index contributed by atoms with van der Waals surface area (Å²) in [7, 11) is 0. The van der Waals surface area contributed by atoms with Crippen LogP contribution in [0.2, 0.25) is 0 Å². The summed E-state index contributed by atoms with van der Waals surface area (Å²) in [6.07, 6.45) is -4.45. The lowest BCUT2D eigenvalue weighted by atomic mass is 9.42. The van der Waals surface area contributed by atoms with Crippen molar-refractivity contribution in [1.29, 1.82) is 0 Å². The highest BCUT2D eigenvalue weighted by Crippen LogP contribution is 2.93. The lowest BCUT2D eigenvalue weighted by Gasteiger charge is -2.62. The molecule has 13 fully saturated rings. The Kier molecular flexibility index (Phi) is 8.45. The average Bonchev–Trinajstić information content (AvgIpc) is 1.76. The van der Waals surface area contributed by atoms with E-state index in [1.54, 1.807) is 10.6 Å². The molecule has 2 aromatic rings. The maximum atomic E-state index is 15.7. The van der Waals surface area contributed by atoms with Crippen LogP contribution in [0.25, 0.3) is 0 Å². The van der Waals surface area contributed by atoms with E-state index in [1.165, 1.54) is 12.8 Å². The van der Waals surface area contributed by atoms with Crippen LogP contribution in [0.3, 0.4) is 0 Å². The van der Waals surface area contributed by atoms with Crippen LogP contribution in [-0.2, 0) is 11.8 Å². The zero-order valence-corrected chi connectivity index (χ0v) is 42.7. The first-order chi connectivity index (χ1) is 38.0. The van der Waals surface area contributed by atoms with Crippen LogP contribution in [0.15, 0.2) is 76.9 Å². The van der Waals surface area contributed by atoms with Crippen molar-refractivity contribution >= 4 is 11.4 Å². The number of hydrogen-bond donors (Lipinski definition) is 0. The molecule has 432 valence electrons. The lowest BCUT2D eigenvalue weighted by Crippen LogP contribution is -2.61. The summed E-state index contributed by atoms with van der Waals surface area (Å²) in [5, 5.41) is 6.87. The molecule has 0 N–H and O–H groups in total. The highest BCUT2D eigenvalue weighted by molar-refractivity contribution is 6.05. The maximum absolute atomic E-state index is 15.7. The summed E-state index contributed by atoms with van der Waals surface area (Å²) in [6, 6.07) is 4.65. The number of alkyl halides is 18. The fraction of sp³-hybridized carbons (Fsp3) is 0.721. The molecule has 1 aliphatic heterocycles. The number of fused-ring (bicyclic) bond motifs is 8. The third-order valence-corrected chi connectivity index (χ3v) is 28.2. The number of rotatable bonds is 8. The van der Waals surface area contributed by atoms with Gasteiger partial charge in [0.05, 0.1) is 17.4 Å². The van der Waals surface area contributed by atoms with Gasteiger partial charge in [0.2, 0.25) is 0 Å². The smallest absolute Gasteiger partial charge is 0.261 e. The monoisotopic (exact) mass is 1150 g/mol.